The topological polar surface area (TPSA) is 59.9 Å². The van der Waals surface area contributed by atoms with Crippen LogP contribution >= 0.6 is 11.3 Å². The van der Waals surface area contributed by atoms with Crippen molar-refractivity contribution < 1.29 is 17.9 Å². The fourth-order valence-corrected chi connectivity index (χ4v) is 4.94. The molecule has 2 aromatic heterocycles. The quantitative estimate of drug-likeness (QED) is 0.469. The average molecular weight is 449 g/mol. The zero-order valence-electron chi connectivity index (χ0n) is 17.3. The molecule has 3 aromatic rings. The first-order valence-electron chi connectivity index (χ1n) is 10.2. The Labute approximate surface area is 182 Å². The number of halogens is 3. The first-order chi connectivity index (χ1) is 14.8. The van der Waals surface area contributed by atoms with Crippen molar-refractivity contribution in [2.24, 2.45) is 0 Å². The van der Waals surface area contributed by atoms with Gasteiger partial charge in [0.25, 0.3) is 0 Å². The molecule has 2 heterocycles. The number of alkyl halides is 3. The van der Waals surface area contributed by atoms with Crippen molar-refractivity contribution in [1.82, 2.24) is 15.0 Å². The highest BCUT2D eigenvalue weighted by molar-refractivity contribution is 7.15. The molecule has 1 saturated carbocycles. The van der Waals surface area contributed by atoms with E-state index in [9.17, 15) is 13.2 Å². The van der Waals surface area contributed by atoms with Crippen molar-refractivity contribution in [1.29, 1.82) is 0 Å². The van der Waals surface area contributed by atoms with Crippen LogP contribution in [-0.2, 0) is 6.18 Å². The van der Waals surface area contributed by atoms with Crippen LogP contribution in [0.2, 0.25) is 0 Å². The van der Waals surface area contributed by atoms with Crippen LogP contribution in [0, 0.1) is 6.92 Å². The lowest BCUT2D eigenvalue weighted by Crippen LogP contribution is -2.11. The van der Waals surface area contributed by atoms with Crippen molar-refractivity contribution in [3.8, 4) is 16.3 Å². The zero-order chi connectivity index (χ0) is 22.0. The van der Waals surface area contributed by atoms with Gasteiger partial charge in [-0.2, -0.15) is 18.2 Å². The lowest BCUT2D eigenvalue weighted by atomic mass is 9.90. The Morgan fingerprint density at radius 1 is 1.06 bits per heavy atom. The number of thiazole rings is 1. The Morgan fingerprint density at radius 2 is 1.84 bits per heavy atom. The maximum atomic E-state index is 13.0. The standard InChI is InChI=1S/C22H23F3N4OS/c1-13-8-15(18-12-26-20(31-18)14-6-4-3-5-7-14)10-16(9-13)28-21-27-11-17(22(23,24)25)19(29-21)30-2/h8-12,14H,3-7H2,1-2H3,(H,27,28,29). The monoisotopic (exact) mass is 448 g/mol. The molecule has 0 spiro atoms. The molecular weight excluding hydrogens is 425 g/mol. The Balaban J connectivity index is 1.58. The smallest absolute Gasteiger partial charge is 0.423 e. The van der Waals surface area contributed by atoms with E-state index in [1.807, 2.05) is 25.3 Å². The van der Waals surface area contributed by atoms with Gasteiger partial charge in [0.15, 0.2) is 0 Å². The summed E-state index contributed by atoms with van der Waals surface area (Å²) in [6, 6.07) is 5.89. The van der Waals surface area contributed by atoms with Crippen molar-refractivity contribution in [2.45, 2.75) is 51.1 Å². The van der Waals surface area contributed by atoms with E-state index in [0.29, 0.717) is 11.6 Å². The molecule has 1 aliphatic rings. The lowest BCUT2D eigenvalue weighted by molar-refractivity contribution is -0.139. The second-order valence-corrected chi connectivity index (χ2v) is 8.79. The molecule has 0 radical (unpaired) electrons. The number of hydrogen-bond acceptors (Lipinski definition) is 6. The number of aryl methyl sites for hydroxylation is 1. The van der Waals surface area contributed by atoms with Gasteiger partial charge in [-0.1, -0.05) is 25.3 Å². The average Bonchev–Trinajstić information content (AvgIpc) is 3.23. The van der Waals surface area contributed by atoms with Crippen LogP contribution in [0.3, 0.4) is 0 Å². The minimum Gasteiger partial charge on any atom is -0.480 e. The summed E-state index contributed by atoms with van der Waals surface area (Å²) >= 11 is 1.71. The molecule has 1 N–H and O–H groups in total. The summed E-state index contributed by atoms with van der Waals surface area (Å²) in [7, 11) is 1.15. The minimum atomic E-state index is -4.58. The van der Waals surface area contributed by atoms with E-state index in [4.69, 9.17) is 4.74 Å². The molecule has 0 atom stereocenters. The summed E-state index contributed by atoms with van der Waals surface area (Å²) in [4.78, 5) is 13.4. The SMILES string of the molecule is COc1nc(Nc2cc(C)cc(-c3cnc(C4CCCCC4)s3)c2)ncc1C(F)(F)F. The van der Waals surface area contributed by atoms with Gasteiger partial charge in [0.05, 0.1) is 17.0 Å². The largest absolute Gasteiger partial charge is 0.480 e. The number of nitrogens with one attached hydrogen (secondary N) is 1. The van der Waals surface area contributed by atoms with E-state index < -0.39 is 17.6 Å². The van der Waals surface area contributed by atoms with Crippen LogP contribution in [0.15, 0.2) is 30.6 Å². The lowest BCUT2D eigenvalue weighted by Gasteiger charge is -2.18. The molecule has 1 aromatic carbocycles. The Bertz CT molecular complexity index is 1060. The molecule has 31 heavy (non-hydrogen) atoms. The molecule has 1 fully saturated rings. The maximum absolute atomic E-state index is 13.0. The van der Waals surface area contributed by atoms with E-state index in [-0.39, 0.29) is 5.95 Å². The number of methoxy groups -OCH3 is 1. The molecule has 0 amide bonds. The van der Waals surface area contributed by atoms with Crippen LogP contribution in [0.25, 0.3) is 10.4 Å². The van der Waals surface area contributed by atoms with Gasteiger partial charge in [0.1, 0.15) is 5.56 Å². The van der Waals surface area contributed by atoms with Crippen molar-refractivity contribution in [2.75, 3.05) is 12.4 Å². The molecule has 0 aliphatic heterocycles. The second kappa shape index (κ2) is 8.82. The third-order valence-electron chi connectivity index (χ3n) is 5.35. The molecular formula is C22H23F3N4OS. The number of hydrogen-bond donors (Lipinski definition) is 1. The van der Waals surface area contributed by atoms with E-state index in [1.54, 1.807) is 11.3 Å². The number of benzene rings is 1. The molecule has 5 nitrogen and oxygen atoms in total. The predicted molar refractivity (Wildman–Crippen MR) is 115 cm³/mol. The highest BCUT2D eigenvalue weighted by atomic mass is 32.1. The van der Waals surface area contributed by atoms with Gasteiger partial charge in [0.2, 0.25) is 11.8 Å². The summed E-state index contributed by atoms with van der Waals surface area (Å²) < 4.78 is 43.9. The number of anilines is 2. The van der Waals surface area contributed by atoms with Crippen LogP contribution in [0.5, 0.6) is 5.88 Å². The van der Waals surface area contributed by atoms with E-state index >= 15 is 0 Å². The Hall–Kier alpha value is -2.68. The van der Waals surface area contributed by atoms with Gasteiger partial charge in [0, 0.05) is 24.0 Å². The van der Waals surface area contributed by atoms with Gasteiger partial charge >= 0.3 is 6.18 Å². The molecule has 0 unspecified atom stereocenters. The fourth-order valence-electron chi connectivity index (χ4n) is 3.86. The normalized spacial score (nSPS) is 15.1. The third kappa shape index (κ3) is 4.98. The second-order valence-electron chi connectivity index (χ2n) is 7.72. The number of rotatable bonds is 5. The number of ether oxygens (including phenoxy) is 1. The fraction of sp³-hybridized carbons (Fsp3) is 0.409. The van der Waals surface area contributed by atoms with E-state index in [1.165, 1.54) is 37.1 Å². The molecule has 4 rings (SSSR count). The molecule has 0 bridgehead atoms. The Morgan fingerprint density at radius 3 is 2.55 bits per heavy atom. The summed E-state index contributed by atoms with van der Waals surface area (Å²) in [5, 5.41) is 4.18. The van der Waals surface area contributed by atoms with Gasteiger partial charge in [-0.15, -0.1) is 11.3 Å². The summed E-state index contributed by atoms with van der Waals surface area (Å²) in [5.41, 5.74) is 1.68. The van der Waals surface area contributed by atoms with Crippen LogP contribution in [0.1, 0.15) is 54.2 Å². The Kier molecular flexibility index (Phi) is 6.13. The first-order valence-corrected chi connectivity index (χ1v) is 11.0. The van der Waals surface area contributed by atoms with Gasteiger partial charge in [-0.05, 0) is 43.0 Å². The van der Waals surface area contributed by atoms with Crippen LogP contribution in [0.4, 0.5) is 24.8 Å². The highest BCUT2D eigenvalue weighted by Crippen LogP contribution is 2.39. The molecule has 164 valence electrons. The maximum Gasteiger partial charge on any atom is 0.423 e. The van der Waals surface area contributed by atoms with Gasteiger partial charge < -0.3 is 10.1 Å². The highest BCUT2D eigenvalue weighted by Gasteiger charge is 2.36. The van der Waals surface area contributed by atoms with Crippen molar-refractivity contribution in [3.63, 3.8) is 0 Å². The van der Waals surface area contributed by atoms with Crippen molar-refractivity contribution >= 4 is 23.0 Å². The minimum absolute atomic E-state index is 0.0357. The molecule has 9 heteroatoms. The van der Waals surface area contributed by atoms with Crippen molar-refractivity contribution in [3.05, 3.63) is 46.7 Å². The van der Waals surface area contributed by atoms with Gasteiger partial charge in [-0.25, -0.2) is 9.97 Å². The van der Waals surface area contributed by atoms with Gasteiger partial charge in [-0.3, -0.25) is 0 Å². The number of aromatic nitrogens is 3. The molecule has 0 saturated heterocycles. The van der Waals surface area contributed by atoms with Crippen LogP contribution in [-0.4, -0.2) is 22.1 Å². The zero-order valence-corrected chi connectivity index (χ0v) is 18.1. The van der Waals surface area contributed by atoms with E-state index in [0.717, 1.165) is 29.3 Å². The first kappa shape index (κ1) is 21.5. The predicted octanol–water partition coefficient (Wildman–Crippen LogP) is 6.73. The summed E-state index contributed by atoms with van der Waals surface area (Å²) in [6.07, 6.45) is 4.26. The van der Waals surface area contributed by atoms with E-state index in [2.05, 4.69) is 26.3 Å². The van der Waals surface area contributed by atoms with Crippen LogP contribution < -0.4 is 10.1 Å². The summed E-state index contributed by atoms with van der Waals surface area (Å²) in [6.45, 7) is 1.96. The summed E-state index contributed by atoms with van der Waals surface area (Å²) in [5.74, 6) is 0.0639. The molecule has 1 aliphatic carbocycles. The third-order valence-corrected chi connectivity index (χ3v) is 6.56. The number of nitrogens with zero attached hydrogens (tertiary/aromatic N) is 3.